The van der Waals surface area contributed by atoms with Crippen molar-refractivity contribution in [3.63, 3.8) is 0 Å². The zero-order valence-electron chi connectivity index (χ0n) is 9.70. The summed E-state index contributed by atoms with van der Waals surface area (Å²) >= 11 is 5.87. The van der Waals surface area contributed by atoms with Crippen molar-refractivity contribution in [1.29, 1.82) is 0 Å². The molecule has 2 rings (SSSR count). The summed E-state index contributed by atoms with van der Waals surface area (Å²) in [5.41, 5.74) is 6.02. The van der Waals surface area contributed by atoms with Gasteiger partial charge in [-0.1, -0.05) is 25.4 Å². The lowest BCUT2D eigenvalue weighted by Gasteiger charge is -2.37. The van der Waals surface area contributed by atoms with Gasteiger partial charge in [0.05, 0.1) is 0 Å². The molecule has 1 aliphatic heterocycles. The highest BCUT2D eigenvalue weighted by Crippen LogP contribution is 2.32. The minimum atomic E-state index is 0.243. The number of anilines is 2. The molecule has 88 valence electrons. The Balaban J connectivity index is 2.14. The van der Waals surface area contributed by atoms with Gasteiger partial charge in [0.25, 0.3) is 0 Å². The number of nitrogens with two attached hydrogens (primary N) is 1. The van der Waals surface area contributed by atoms with Crippen molar-refractivity contribution in [2.24, 2.45) is 5.41 Å². The van der Waals surface area contributed by atoms with Crippen molar-refractivity contribution in [1.82, 2.24) is 9.97 Å². The largest absolute Gasteiger partial charge is 0.368 e. The normalized spacial score (nSPS) is 19.8. The Hall–Kier alpha value is -1.03. The molecular weight excluding hydrogens is 224 g/mol. The van der Waals surface area contributed by atoms with Crippen molar-refractivity contribution in [3.05, 3.63) is 11.2 Å². The second-order valence-electron chi connectivity index (χ2n) is 5.06. The van der Waals surface area contributed by atoms with Gasteiger partial charge in [-0.05, 0) is 18.3 Å². The van der Waals surface area contributed by atoms with Gasteiger partial charge in [0.2, 0.25) is 5.95 Å². The first kappa shape index (κ1) is 11.5. The van der Waals surface area contributed by atoms with Gasteiger partial charge in [-0.25, -0.2) is 4.98 Å². The van der Waals surface area contributed by atoms with Crippen molar-refractivity contribution >= 4 is 23.4 Å². The maximum atomic E-state index is 5.87. The number of piperidine rings is 1. The molecule has 0 atom stereocenters. The van der Waals surface area contributed by atoms with Crippen LogP contribution in [0.25, 0.3) is 0 Å². The number of nitrogen functional groups attached to an aromatic ring is 1. The molecule has 1 aromatic heterocycles. The highest BCUT2D eigenvalue weighted by Gasteiger charge is 2.26. The molecule has 2 heterocycles. The molecule has 1 aliphatic rings. The van der Waals surface area contributed by atoms with E-state index in [0.29, 0.717) is 10.6 Å². The predicted octanol–water partition coefficient (Wildman–Crippen LogP) is 2.34. The van der Waals surface area contributed by atoms with Crippen molar-refractivity contribution in [2.45, 2.75) is 26.7 Å². The first-order valence-corrected chi connectivity index (χ1v) is 5.89. The van der Waals surface area contributed by atoms with Crippen LogP contribution >= 0.6 is 11.6 Å². The van der Waals surface area contributed by atoms with Gasteiger partial charge in [0.1, 0.15) is 11.0 Å². The Kier molecular flexibility index (Phi) is 2.93. The number of hydrogen-bond acceptors (Lipinski definition) is 4. The lowest BCUT2D eigenvalue weighted by atomic mass is 9.83. The standard InChI is InChI=1S/C11H17ClN4/c1-11(2)3-5-16(6-4-11)9-7-8(12)14-10(13)15-9/h7H,3-6H2,1-2H3,(H2,13,14,15). The van der Waals surface area contributed by atoms with E-state index in [1.165, 1.54) is 0 Å². The second kappa shape index (κ2) is 4.09. The highest BCUT2D eigenvalue weighted by atomic mass is 35.5. The fourth-order valence-electron chi connectivity index (χ4n) is 1.93. The minimum absolute atomic E-state index is 0.243. The molecule has 2 N–H and O–H groups in total. The van der Waals surface area contributed by atoms with E-state index in [9.17, 15) is 0 Å². The molecule has 1 saturated heterocycles. The Bertz CT molecular complexity index is 361. The van der Waals surface area contributed by atoms with E-state index >= 15 is 0 Å². The molecule has 0 radical (unpaired) electrons. The predicted molar refractivity (Wildman–Crippen MR) is 66.7 cm³/mol. The van der Waals surface area contributed by atoms with Crippen LogP contribution in [0, 0.1) is 5.41 Å². The fraction of sp³-hybridized carbons (Fsp3) is 0.636. The van der Waals surface area contributed by atoms with Crippen LogP contribution in [-0.4, -0.2) is 23.1 Å². The van der Waals surface area contributed by atoms with Crippen LogP contribution in [-0.2, 0) is 0 Å². The Morgan fingerprint density at radius 1 is 1.31 bits per heavy atom. The van der Waals surface area contributed by atoms with Crippen molar-refractivity contribution in [3.8, 4) is 0 Å². The Morgan fingerprint density at radius 2 is 1.94 bits per heavy atom. The zero-order valence-corrected chi connectivity index (χ0v) is 10.5. The molecule has 0 saturated carbocycles. The number of aromatic nitrogens is 2. The molecule has 16 heavy (non-hydrogen) atoms. The summed E-state index contributed by atoms with van der Waals surface area (Å²) in [7, 11) is 0. The van der Waals surface area contributed by atoms with Gasteiger partial charge in [-0.15, -0.1) is 0 Å². The maximum Gasteiger partial charge on any atom is 0.223 e. The van der Waals surface area contributed by atoms with Crippen LogP contribution in [0.5, 0.6) is 0 Å². The molecule has 0 unspecified atom stereocenters. The van der Waals surface area contributed by atoms with E-state index in [4.69, 9.17) is 17.3 Å². The monoisotopic (exact) mass is 240 g/mol. The third-order valence-corrected chi connectivity index (χ3v) is 3.33. The van der Waals surface area contributed by atoms with Gasteiger partial charge < -0.3 is 10.6 Å². The van der Waals surface area contributed by atoms with Gasteiger partial charge in [-0.3, -0.25) is 0 Å². The summed E-state index contributed by atoms with van der Waals surface area (Å²) in [4.78, 5) is 10.3. The van der Waals surface area contributed by atoms with Gasteiger partial charge >= 0.3 is 0 Å². The van der Waals surface area contributed by atoms with E-state index in [1.54, 1.807) is 6.07 Å². The quantitative estimate of drug-likeness (QED) is 0.766. The summed E-state index contributed by atoms with van der Waals surface area (Å²) in [5.74, 6) is 1.08. The molecule has 4 nitrogen and oxygen atoms in total. The van der Waals surface area contributed by atoms with E-state index in [1.807, 2.05) is 0 Å². The van der Waals surface area contributed by atoms with E-state index in [2.05, 4.69) is 28.7 Å². The second-order valence-corrected chi connectivity index (χ2v) is 5.45. The molecule has 5 heteroatoms. The summed E-state index contributed by atoms with van der Waals surface area (Å²) in [6.45, 7) is 6.59. The first-order chi connectivity index (χ1) is 7.46. The average Bonchev–Trinajstić information content (AvgIpc) is 2.15. The fourth-order valence-corrected chi connectivity index (χ4v) is 2.11. The molecule has 0 aliphatic carbocycles. The molecule has 0 amide bonds. The van der Waals surface area contributed by atoms with Crippen LogP contribution in [0.3, 0.4) is 0 Å². The van der Waals surface area contributed by atoms with E-state index in [-0.39, 0.29) is 5.95 Å². The van der Waals surface area contributed by atoms with E-state index in [0.717, 1.165) is 31.7 Å². The highest BCUT2D eigenvalue weighted by molar-refractivity contribution is 6.29. The van der Waals surface area contributed by atoms with Crippen molar-refractivity contribution < 1.29 is 0 Å². The first-order valence-electron chi connectivity index (χ1n) is 5.51. The molecule has 1 aromatic rings. The number of nitrogens with zero attached hydrogens (tertiary/aromatic N) is 3. The Labute approximate surface area is 101 Å². The van der Waals surface area contributed by atoms with Gasteiger partial charge in [0.15, 0.2) is 0 Å². The van der Waals surface area contributed by atoms with E-state index < -0.39 is 0 Å². The summed E-state index contributed by atoms with van der Waals surface area (Å²) in [6, 6.07) is 1.77. The third kappa shape index (κ3) is 2.55. The number of halogens is 1. The van der Waals surface area contributed by atoms with Crippen molar-refractivity contribution in [2.75, 3.05) is 23.7 Å². The third-order valence-electron chi connectivity index (χ3n) is 3.14. The number of rotatable bonds is 1. The van der Waals surface area contributed by atoms with Crippen LogP contribution in [0.4, 0.5) is 11.8 Å². The summed E-state index contributed by atoms with van der Waals surface area (Å²) in [6.07, 6.45) is 2.32. The Morgan fingerprint density at radius 3 is 2.50 bits per heavy atom. The smallest absolute Gasteiger partial charge is 0.223 e. The lowest BCUT2D eigenvalue weighted by Crippen LogP contribution is -2.37. The minimum Gasteiger partial charge on any atom is -0.368 e. The summed E-state index contributed by atoms with van der Waals surface area (Å²) < 4.78 is 0. The molecular formula is C11H17ClN4. The maximum absolute atomic E-state index is 5.87. The van der Waals surface area contributed by atoms with Gasteiger partial charge in [0, 0.05) is 19.2 Å². The molecule has 0 bridgehead atoms. The molecule has 0 aromatic carbocycles. The zero-order chi connectivity index (χ0) is 11.8. The van der Waals surface area contributed by atoms with Crippen LogP contribution in [0.15, 0.2) is 6.07 Å². The average molecular weight is 241 g/mol. The van der Waals surface area contributed by atoms with Crippen LogP contribution in [0.2, 0.25) is 5.15 Å². The van der Waals surface area contributed by atoms with Crippen LogP contribution < -0.4 is 10.6 Å². The molecule has 1 fully saturated rings. The van der Waals surface area contributed by atoms with Crippen LogP contribution in [0.1, 0.15) is 26.7 Å². The molecule has 0 spiro atoms. The lowest BCUT2D eigenvalue weighted by molar-refractivity contribution is 0.279. The van der Waals surface area contributed by atoms with Gasteiger partial charge in [-0.2, -0.15) is 4.98 Å². The SMILES string of the molecule is CC1(C)CCN(c2cc(Cl)nc(N)n2)CC1. The number of hydrogen-bond donors (Lipinski definition) is 1. The topological polar surface area (TPSA) is 55.0 Å². The summed E-state index contributed by atoms with van der Waals surface area (Å²) in [5, 5.41) is 0.410.